The van der Waals surface area contributed by atoms with Crippen LogP contribution in [-0.4, -0.2) is 10.9 Å². The van der Waals surface area contributed by atoms with Crippen LogP contribution in [0.15, 0.2) is 60.7 Å². The Kier molecular flexibility index (Phi) is 4.86. The lowest BCUT2D eigenvalue weighted by atomic mass is 9.90. The number of carbonyl (C=O) groups excluding carboxylic acids is 1. The zero-order valence-electron chi connectivity index (χ0n) is 14.2. The number of nitrogens with zero attached hydrogens (tertiary/aromatic N) is 1. The zero-order valence-corrected chi connectivity index (χ0v) is 14.9. The Labute approximate surface area is 152 Å². The number of halogens is 1. The van der Waals surface area contributed by atoms with Crippen molar-refractivity contribution in [3.63, 3.8) is 0 Å². The molecule has 4 heteroatoms. The molecule has 0 aliphatic heterocycles. The van der Waals surface area contributed by atoms with Gasteiger partial charge in [0, 0.05) is 10.6 Å². The van der Waals surface area contributed by atoms with Gasteiger partial charge in [0.2, 0.25) is 5.91 Å². The fourth-order valence-corrected chi connectivity index (χ4v) is 3.35. The third kappa shape index (κ3) is 3.57. The smallest absolute Gasteiger partial charge is 0.231 e. The number of hydrogen-bond donors (Lipinski definition) is 1. The van der Waals surface area contributed by atoms with E-state index in [1.54, 1.807) is 6.07 Å². The summed E-state index contributed by atoms with van der Waals surface area (Å²) in [7, 11) is 0. The van der Waals surface area contributed by atoms with Gasteiger partial charge in [-0.15, -0.1) is 0 Å². The molecule has 0 saturated heterocycles. The topological polar surface area (TPSA) is 56.0 Å². The third-order valence-electron chi connectivity index (χ3n) is 4.22. The molecule has 25 heavy (non-hydrogen) atoms. The number of aryl methyl sites for hydroxylation is 2. The molecule has 1 amide bonds. The molecule has 0 radical (unpaired) electrons. The molecule has 0 bridgehead atoms. The van der Waals surface area contributed by atoms with Gasteiger partial charge in [-0.1, -0.05) is 53.6 Å². The van der Waals surface area contributed by atoms with Crippen molar-refractivity contribution in [2.75, 3.05) is 0 Å². The molecule has 0 saturated carbocycles. The van der Waals surface area contributed by atoms with Gasteiger partial charge in [0.05, 0.1) is 11.4 Å². The van der Waals surface area contributed by atoms with Crippen LogP contribution >= 0.6 is 11.6 Å². The van der Waals surface area contributed by atoms with Crippen LogP contribution in [0, 0.1) is 13.8 Å². The summed E-state index contributed by atoms with van der Waals surface area (Å²) in [6, 6.07) is 19.3. The number of rotatable bonds is 4. The molecule has 3 nitrogen and oxygen atoms in total. The minimum Gasteiger partial charge on any atom is -0.369 e. The van der Waals surface area contributed by atoms with Crippen LogP contribution in [0.1, 0.15) is 28.3 Å². The second kappa shape index (κ2) is 7.08. The van der Waals surface area contributed by atoms with E-state index in [-0.39, 0.29) is 0 Å². The maximum atomic E-state index is 12.2. The number of carbonyl (C=O) groups is 1. The quantitative estimate of drug-likeness (QED) is 0.745. The van der Waals surface area contributed by atoms with E-state index < -0.39 is 11.8 Å². The van der Waals surface area contributed by atoms with E-state index in [0.29, 0.717) is 16.3 Å². The molecule has 1 atom stereocenters. The van der Waals surface area contributed by atoms with Crippen LogP contribution in [0.3, 0.4) is 0 Å². The average Bonchev–Trinajstić information content (AvgIpc) is 2.58. The van der Waals surface area contributed by atoms with Gasteiger partial charge >= 0.3 is 0 Å². The third-order valence-corrected chi connectivity index (χ3v) is 4.55. The van der Waals surface area contributed by atoms with Gasteiger partial charge in [-0.2, -0.15) is 0 Å². The molecule has 0 aliphatic rings. The molecule has 126 valence electrons. The number of benzene rings is 2. The highest BCUT2D eigenvalue weighted by atomic mass is 35.5. The largest absolute Gasteiger partial charge is 0.369 e. The van der Waals surface area contributed by atoms with Crippen LogP contribution in [0.25, 0.3) is 11.3 Å². The Balaban J connectivity index is 2.13. The first-order valence-corrected chi connectivity index (χ1v) is 8.43. The summed E-state index contributed by atoms with van der Waals surface area (Å²) < 4.78 is 0. The first-order valence-electron chi connectivity index (χ1n) is 8.05. The van der Waals surface area contributed by atoms with Crippen molar-refractivity contribution in [3.8, 4) is 11.3 Å². The molecule has 0 spiro atoms. The Morgan fingerprint density at radius 3 is 2.44 bits per heavy atom. The Hall–Kier alpha value is -2.65. The van der Waals surface area contributed by atoms with Crippen molar-refractivity contribution in [2.45, 2.75) is 19.8 Å². The number of hydrogen-bond acceptors (Lipinski definition) is 2. The average molecular weight is 351 g/mol. The number of pyridine rings is 1. The molecule has 2 aromatic carbocycles. The summed E-state index contributed by atoms with van der Waals surface area (Å²) in [6.45, 7) is 3.95. The summed E-state index contributed by atoms with van der Waals surface area (Å²) in [5, 5.41) is 0.520. The lowest BCUT2D eigenvalue weighted by Gasteiger charge is -2.18. The molecular weight excluding hydrogens is 332 g/mol. The number of aromatic nitrogens is 1. The summed E-state index contributed by atoms with van der Waals surface area (Å²) in [6.07, 6.45) is 0. The van der Waals surface area contributed by atoms with E-state index in [1.165, 1.54) is 0 Å². The fraction of sp³-hybridized carbons (Fsp3) is 0.143. The van der Waals surface area contributed by atoms with Crippen LogP contribution in [0.5, 0.6) is 0 Å². The second-order valence-electron chi connectivity index (χ2n) is 6.12. The number of amides is 1. The van der Waals surface area contributed by atoms with Crippen molar-refractivity contribution in [1.82, 2.24) is 4.98 Å². The first kappa shape index (κ1) is 17.2. The van der Waals surface area contributed by atoms with Gasteiger partial charge in [-0.25, -0.2) is 0 Å². The van der Waals surface area contributed by atoms with Crippen molar-refractivity contribution in [2.24, 2.45) is 5.73 Å². The van der Waals surface area contributed by atoms with Crippen LogP contribution < -0.4 is 5.73 Å². The normalized spacial score (nSPS) is 12.0. The standard InChI is InChI=1S/C21H19ClN2O/c1-13-6-3-8-15(12-13)17-10-5-11-18(24-17)20(21(23)25)19-14(2)7-4-9-16(19)22/h3-12,20H,1-2H3,(H2,23,25). The Bertz CT molecular complexity index is 916. The van der Waals surface area contributed by atoms with Crippen molar-refractivity contribution < 1.29 is 4.79 Å². The van der Waals surface area contributed by atoms with Gasteiger partial charge in [-0.3, -0.25) is 9.78 Å². The molecule has 0 fully saturated rings. The predicted octanol–water partition coefficient (Wildman–Crippen LogP) is 4.64. The number of nitrogens with two attached hydrogens (primary N) is 1. The molecule has 0 aliphatic carbocycles. The van der Waals surface area contributed by atoms with Crippen molar-refractivity contribution in [3.05, 3.63) is 88.1 Å². The van der Waals surface area contributed by atoms with Gasteiger partial charge in [-0.05, 0) is 49.2 Å². The van der Waals surface area contributed by atoms with E-state index in [1.807, 2.05) is 62.4 Å². The van der Waals surface area contributed by atoms with E-state index in [0.717, 1.165) is 22.4 Å². The summed E-state index contributed by atoms with van der Waals surface area (Å²) in [5.74, 6) is -1.15. The van der Waals surface area contributed by atoms with E-state index in [4.69, 9.17) is 22.3 Å². The summed E-state index contributed by atoms with van der Waals surface area (Å²) in [4.78, 5) is 16.9. The zero-order chi connectivity index (χ0) is 18.0. The second-order valence-corrected chi connectivity index (χ2v) is 6.53. The molecule has 3 aromatic rings. The molecule has 1 unspecified atom stereocenters. The molecular formula is C21H19ClN2O. The Morgan fingerprint density at radius 1 is 1.04 bits per heavy atom. The fourth-order valence-electron chi connectivity index (χ4n) is 3.02. The highest BCUT2D eigenvalue weighted by molar-refractivity contribution is 6.31. The summed E-state index contributed by atoms with van der Waals surface area (Å²) >= 11 is 6.36. The SMILES string of the molecule is Cc1cccc(-c2cccc(C(C(N)=O)c3c(C)cccc3Cl)n2)c1. The minimum atomic E-state index is -0.682. The molecule has 1 aromatic heterocycles. The number of primary amides is 1. The van der Waals surface area contributed by atoms with E-state index >= 15 is 0 Å². The van der Waals surface area contributed by atoms with Crippen molar-refractivity contribution >= 4 is 17.5 Å². The van der Waals surface area contributed by atoms with Crippen molar-refractivity contribution in [1.29, 1.82) is 0 Å². The molecule has 3 rings (SSSR count). The van der Waals surface area contributed by atoms with Crippen LogP contribution in [0.2, 0.25) is 5.02 Å². The summed E-state index contributed by atoms with van der Waals surface area (Å²) in [5.41, 5.74) is 10.9. The van der Waals surface area contributed by atoms with Gasteiger partial charge in [0.1, 0.15) is 5.92 Å². The van der Waals surface area contributed by atoms with Crippen LogP contribution in [-0.2, 0) is 4.79 Å². The lowest BCUT2D eigenvalue weighted by Crippen LogP contribution is -2.24. The maximum Gasteiger partial charge on any atom is 0.231 e. The maximum absolute atomic E-state index is 12.2. The molecule has 1 heterocycles. The van der Waals surface area contributed by atoms with Gasteiger partial charge < -0.3 is 5.73 Å². The highest BCUT2D eigenvalue weighted by Gasteiger charge is 2.26. The van der Waals surface area contributed by atoms with Gasteiger partial charge in [0.25, 0.3) is 0 Å². The Morgan fingerprint density at radius 2 is 1.76 bits per heavy atom. The van der Waals surface area contributed by atoms with E-state index in [9.17, 15) is 4.79 Å². The first-order chi connectivity index (χ1) is 12.0. The van der Waals surface area contributed by atoms with Crippen LogP contribution in [0.4, 0.5) is 0 Å². The minimum absolute atomic E-state index is 0.468. The monoisotopic (exact) mass is 350 g/mol. The lowest BCUT2D eigenvalue weighted by molar-refractivity contribution is -0.118. The highest BCUT2D eigenvalue weighted by Crippen LogP contribution is 2.33. The predicted molar refractivity (Wildman–Crippen MR) is 102 cm³/mol. The van der Waals surface area contributed by atoms with Gasteiger partial charge in [0.15, 0.2) is 0 Å². The molecule has 2 N–H and O–H groups in total. The van der Waals surface area contributed by atoms with E-state index in [2.05, 4.69) is 6.07 Å².